The van der Waals surface area contributed by atoms with Crippen molar-refractivity contribution in [3.05, 3.63) is 28.0 Å². The summed E-state index contributed by atoms with van der Waals surface area (Å²) in [6, 6.07) is 2.39. The maximum absolute atomic E-state index is 12.2. The van der Waals surface area contributed by atoms with Crippen molar-refractivity contribution < 1.29 is 18.3 Å². The summed E-state index contributed by atoms with van der Waals surface area (Å²) in [5.41, 5.74) is 5.42. The van der Waals surface area contributed by atoms with Gasteiger partial charge in [-0.25, -0.2) is 0 Å². The summed E-state index contributed by atoms with van der Waals surface area (Å²) in [6.07, 6.45) is 0. The van der Waals surface area contributed by atoms with Crippen LogP contribution in [0, 0.1) is 0 Å². The van der Waals surface area contributed by atoms with E-state index in [-0.39, 0.29) is 33.3 Å². The molecule has 1 aromatic heterocycles. The van der Waals surface area contributed by atoms with Gasteiger partial charge in [0.1, 0.15) is 0 Å². The Morgan fingerprint density at radius 1 is 1.38 bits per heavy atom. The number of nitrogens with two attached hydrogens (primary N) is 1. The predicted octanol–water partition coefficient (Wildman–Crippen LogP) is 2.55. The molecule has 0 aliphatic heterocycles. The molecule has 0 saturated carbocycles. The zero-order chi connectivity index (χ0) is 15.6. The predicted molar refractivity (Wildman–Crippen MR) is 71.8 cm³/mol. The molecule has 0 atom stereocenters. The number of nitrogens with zero attached hydrogens (tertiary/aromatic N) is 2. The van der Waals surface area contributed by atoms with E-state index in [4.69, 9.17) is 28.9 Å². The molecule has 21 heavy (non-hydrogen) atoms. The summed E-state index contributed by atoms with van der Waals surface area (Å²) >= 11 is 11.5. The highest BCUT2D eigenvalue weighted by atomic mass is 35.5. The lowest BCUT2D eigenvalue weighted by Crippen LogP contribution is -2.14. The molecule has 0 spiro atoms. The van der Waals surface area contributed by atoms with Crippen LogP contribution in [0.1, 0.15) is 10.6 Å². The number of benzene rings is 1. The monoisotopic (exact) mass is 337 g/mol. The Balaban J connectivity index is 2.20. The number of nitrogen functional groups attached to an aromatic ring is 1. The molecule has 1 amide bonds. The quantitative estimate of drug-likeness (QED) is 0.794. The van der Waals surface area contributed by atoms with Crippen LogP contribution in [0.25, 0.3) is 0 Å². The molecule has 2 aromatic rings. The molecule has 1 heterocycles. The Morgan fingerprint density at radius 3 is 2.48 bits per heavy atom. The van der Waals surface area contributed by atoms with E-state index >= 15 is 0 Å². The SMILES string of the molecule is Nc1n[nH]c(C(=O)Nc2cc(Cl)c(OC(F)F)c(Cl)c2)n1. The summed E-state index contributed by atoms with van der Waals surface area (Å²) in [5.74, 6) is -1.27. The smallest absolute Gasteiger partial charge is 0.387 e. The number of aromatic nitrogens is 3. The largest absolute Gasteiger partial charge is 0.432 e. The molecule has 7 nitrogen and oxygen atoms in total. The van der Waals surface area contributed by atoms with Gasteiger partial charge in [-0.1, -0.05) is 23.2 Å². The first kappa shape index (κ1) is 15.3. The number of alkyl halides is 2. The average Bonchev–Trinajstić information content (AvgIpc) is 2.80. The normalized spacial score (nSPS) is 10.7. The molecule has 2 rings (SSSR count). The molecular formula is C10H7Cl2F2N5O2. The highest BCUT2D eigenvalue weighted by molar-refractivity contribution is 6.37. The second-order valence-electron chi connectivity index (χ2n) is 3.64. The summed E-state index contributed by atoms with van der Waals surface area (Å²) in [6.45, 7) is -3.07. The van der Waals surface area contributed by atoms with E-state index in [1.807, 2.05) is 0 Å². The molecule has 1 aromatic carbocycles. The van der Waals surface area contributed by atoms with Gasteiger partial charge in [-0.05, 0) is 12.1 Å². The van der Waals surface area contributed by atoms with Crippen LogP contribution in [-0.2, 0) is 0 Å². The molecule has 112 valence electrons. The number of ether oxygens (including phenoxy) is 1. The Kier molecular flexibility index (Phi) is 4.43. The minimum atomic E-state index is -3.07. The third kappa shape index (κ3) is 3.70. The summed E-state index contributed by atoms with van der Waals surface area (Å²) < 4.78 is 28.5. The number of hydrogen-bond donors (Lipinski definition) is 3. The number of carbonyl (C=O) groups is 1. The number of hydrogen-bond acceptors (Lipinski definition) is 5. The first-order chi connectivity index (χ1) is 9.86. The second-order valence-corrected chi connectivity index (χ2v) is 4.46. The summed E-state index contributed by atoms with van der Waals surface area (Å²) in [5, 5.41) is 7.81. The average molecular weight is 338 g/mol. The summed E-state index contributed by atoms with van der Waals surface area (Å²) in [7, 11) is 0. The van der Waals surface area contributed by atoms with Crippen molar-refractivity contribution in [2.24, 2.45) is 0 Å². The molecule has 0 radical (unpaired) electrons. The van der Waals surface area contributed by atoms with Crippen LogP contribution in [0.15, 0.2) is 12.1 Å². The van der Waals surface area contributed by atoms with Crippen molar-refractivity contribution in [1.29, 1.82) is 0 Å². The number of rotatable bonds is 4. The van der Waals surface area contributed by atoms with Crippen LogP contribution in [-0.4, -0.2) is 27.7 Å². The summed E-state index contributed by atoms with van der Waals surface area (Å²) in [4.78, 5) is 15.4. The minimum absolute atomic E-state index is 0.100. The van der Waals surface area contributed by atoms with Crippen molar-refractivity contribution >= 4 is 40.7 Å². The Morgan fingerprint density at radius 2 is 2.00 bits per heavy atom. The zero-order valence-electron chi connectivity index (χ0n) is 10.0. The van der Waals surface area contributed by atoms with Gasteiger partial charge in [-0.15, -0.1) is 5.10 Å². The van der Waals surface area contributed by atoms with Crippen LogP contribution in [0.2, 0.25) is 10.0 Å². The van der Waals surface area contributed by atoms with Crippen molar-refractivity contribution in [2.75, 3.05) is 11.1 Å². The van der Waals surface area contributed by atoms with Crippen molar-refractivity contribution in [2.45, 2.75) is 6.61 Å². The van der Waals surface area contributed by atoms with Crippen LogP contribution < -0.4 is 15.8 Å². The number of amides is 1. The van der Waals surface area contributed by atoms with E-state index in [0.29, 0.717) is 0 Å². The van der Waals surface area contributed by atoms with Crippen molar-refractivity contribution in [3.8, 4) is 5.75 Å². The van der Waals surface area contributed by atoms with Crippen LogP contribution in [0.3, 0.4) is 0 Å². The molecule has 0 unspecified atom stereocenters. The minimum Gasteiger partial charge on any atom is -0.432 e. The molecule has 0 aliphatic carbocycles. The lowest BCUT2D eigenvalue weighted by atomic mass is 10.3. The number of H-pyrrole nitrogens is 1. The van der Waals surface area contributed by atoms with Gasteiger partial charge < -0.3 is 15.8 Å². The van der Waals surface area contributed by atoms with Gasteiger partial charge in [0.05, 0.1) is 10.0 Å². The van der Waals surface area contributed by atoms with E-state index in [9.17, 15) is 13.6 Å². The number of carbonyl (C=O) groups excluding carboxylic acids is 1. The maximum atomic E-state index is 12.2. The standard InChI is InChI=1S/C10H7Cl2F2N5O2/c11-4-1-3(2-5(12)6(4)21-9(13)14)16-8(20)7-17-10(15)19-18-7/h1-2,9H,(H,16,20)(H3,15,17,18,19). The van der Waals surface area contributed by atoms with E-state index in [1.165, 1.54) is 12.1 Å². The third-order valence-electron chi connectivity index (χ3n) is 2.18. The highest BCUT2D eigenvalue weighted by Gasteiger charge is 2.16. The first-order valence-corrected chi connectivity index (χ1v) is 6.05. The molecule has 0 saturated heterocycles. The van der Waals surface area contributed by atoms with E-state index in [0.717, 1.165) is 0 Å². The fraction of sp³-hybridized carbons (Fsp3) is 0.100. The Hall–Kier alpha value is -2.13. The van der Waals surface area contributed by atoms with E-state index < -0.39 is 12.5 Å². The second kappa shape index (κ2) is 6.10. The fourth-order valence-corrected chi connectivity index (χ4v) is 1.98. The van der Waals surface area contributed by atoms with Crippen LogP contribution in [0.5, 0.6) is 5.75 Å². The topological polar surface area (TPSA) is 106 Å². The number of anilines is 2. The van der Waals surface area contributed by atoms with Gasteiger partial charge >= 0.3 is 6.61 Å². The Bertz CT molecular complexity index is 656. The lowest BCUT2D eigenvalue weighted by molar-refractivity contribution is -0.0497. The fourth-order valence-electron chi connectivity index (χ4n) is 1.40. The van der Waals surface area contributed by atoms with Gasteiger partial charge in [-0.3, -0.25) is 9.89 Å². The first-order valence-electron chi connectivity index (χ1n) is 5.30. The van der Waals surface area contributed by atoms with E-state index in [1.54, 1.807) is 0 Å². The third-order valence-corrected chi connectivity index (χ3v) is 2.74. The van der Waals surface area contributed by atoms with E-state index in [2.05, 4.69) is 25.2 Å². The van der Waals surface area contributed by atoms with Crippen molar-refractivity contribution in [3.63, 3.8) is 0 Å². The molecule has 4 N–H and O–H groups in total. The lowest BCUT2D eigenvalue weighted by Gasteiger charge is -2.11. The van der Waals surface area contributed by atoms with Gasteiger partial charge in [0.2, 0.25) is 11.8 Å². The van der Waals surface area contributed by atoms with Crippen LogP contribution in [0.4, 0.5) is 20.4 Å². The number of halogens is 4. The van der Waals surface area contributed by atoms with Crippen LogP contribution >= 0.6 is 23.2 Å². The molecule has 0 bridgehead atoms. The molecule has 0 fully saturated rings. The van der Waals surface area contributed by atoms with Gasteiger partial charge in [-0.2, -0.15) is 13.8 Å². The zero-order valence-corrected chi connectivity index (χ0v) is 11.5. The van der Waals surface area contributed by atoms with Gasteiger partial charge in [0.15, 0.2) is 5.75 Å². The van der Waals surface area contributed by atoms with Gasteiger partial charge in [0, 0.05) is 5.69 Å². The number of nitrogens with one attached hydrogen (secondary N) is 2. The maximum Gasteiger partial charge on any atom is 0.387 e. The molecular weight excluding hydrogens is 331 g/mol. The molecule has 11 heteroatoms. The highest BCUT2D eigenvalue weighted by Crippen LogP contribution is 2.37. The number of aromatic amines is 1. The van der Waals surface area contributed by atoms with Crippen molar-refractivity contribution in [1.82, 2.24) is 15.2 Å². The molecule has 0 aliphatic rings. The Labute approximate surface area is 126 Å². The van der Waals surface area contributed by atoms with Gasteiger partial charge in [0.25, 0.3) is 5.91 Å².